The molecule has 1 fully saturated rings. The molecule has 1 saturated heterocycles. The van der Waals surface area contributed by atoms with Crippen LogP contribution in [0.5, 0.6) is 5.75 Å². The van der Waals surface area contributed by atoms with Crippen LogP contribution in [0.1, 0.15) is 0 Å². The molecule has 0 N–H and O–H groups in total. The molecule has 0 unspecified atom stereocenters. The van der Waals surface area contributed by atoms with Gasteiger partial charge in [-0.15, -0.1) is 0 Å². The van der Waals surface area contributed by atoms with E-state index in [1.165, 1.54) is 3.57 Å². The summed E-state index contributed by atoms with van der Waals surface area (Å²) < 4.78 is 11.9. The van der Waals surface area contributed by atoms with Crippen molar-refractivity contribution in [2.75, 3.05) is 19.8 Å². The molecule has 0 aliphatic carbocycles. The zero-order valence-electron chi connectivity index (χ0n) is 7.20. The van der Waals surface area contributed by atoms with E-state index < -0.39 is 0 Å². The highest BCUT2D eigenvalue weighted by Gasteiger charge is 2.18. The second-order valence-corrected chi connectivity index (χ2v) is 4.42. The first-order chi connectivity index (χ1) is 6.34. The molecule has 70 valence electrons. The molecule has 1 heterocycles. The van der Waals surface area contributed by atoms with E-state index in [9.17, 15) is 0 Å². The minimum absolute atomic E-state index is 0.595. The second kappa shape index (κ2) is 4.28. The van der Waals surface area contributed by atoms with Crippen LogP contribution in [0.25, 0.3) is 0 Å². The summed E-state index contributed by atoms with van der Waals surface area (Å²) in [4.78, 5) is 0. The lowest BCUT2D eigenvalue weighted by molar-refractivity contribution is -0.0508. The maximum absolute atomic E-state index is 5.61. The van der Waals surface area contributed by atoms with E-state index >= 15 is 0 Å². The fraction of sp³-hybridized carbons (Fsp3) is 0.400. The molecular weight excluding hydrogens is 279 g/mol. The summed E-state index contributed by atoms with van der Waals surface area (Å²) in [6, 6.07) is 8.09. The standard InChI is InChI=1S/C10H11IO2/c11-9-2-1-3-10(4-9)13-7-8-5-12-6-8/h1-4,8H,5-7H2. The van der Waals surface area contributed by atoms with Crippen molar-refractivity contribution in [2.24, 2.45) is 5.92 Å². The van der Waals surface area contributed by atoms with E-state index in [4.69, 9.17) is 9.47 Å². The maximum atomic E-state index is 5.61. The van der Waals surface area contributed by atoms with Crippen molar-refractivity contribution in [3.8, 4) is 5.75 Å². The number of hydrogen-bond donors (Lipinski definition) is 0. The second-order valence-electron chi connectivity index (χ2n) is 3.17. The quantitative estimate of drug-likeness (QED) is 0.795. The van der Waals surface area contributed by atoms with Gasteiger partial charge in [0, 0.05) is 9.49 Å². The third-order valence-electron chi connectivity index (χ3n) is 1.99. The van der Waals surface area contributed by atoms with Gasteiger partial charge in [0.1, 0.15) is 5.75 Å². The lowest BCUT2D eigenvalue weighted by Crippen LogP contribution is -2.32. The Morgan fingerprint density at radius 2 is 2.31 bits per heavy atom. The number of halogens is 1. The number of ether oxygens (including phenoxy) is 2. The van der Waals surface area contributed by atoms with Gasteiger partial charge in [0.25, 0.3) is 0 Å². The van der Waals surface area contributed by atoms with E-state index in [0.717, 1.165) is 25.6 Å². The summed E-state index contributed by atoms with van der Waals surface area (Å²) in [6.45, 7) is 2.48. The van der Waals surface area contributed by atoms with Crippen molar-refractivity contribution in [3.63, 3.8) is 0 Å². The van der Waals surface area contributed by atoms with Crippen molar-refractivity contribution in [3.05, 3.63) is 27.8 Å². The Morgan fingerprint density at radius 1 is 1.46 bits per heavy atom. The normalized spacial score (nSPS) is 16.7. The summed E-state index contributed by atoms with van der Waals surface area (Å²) in [5.74, 6) is 1.55. The summed E-state index contributed by atoms with van der Waals surface area (Å²) in [7, 11) is 0. The Bertz CT molecular complexity index is 284. The molecule has 13 heavy (non-hydrogen) atoms. The van der Waals surface area contributed by atoms with Crippen molar-refractivity contribution in [2.45, 2.75) is 0 Å². The molecule has 0 radical (unpaired) electrons. The van der Waals surface area contributed by atoms with Gasteiger partial charge in [-0.1, -0.05) is 6.07 Å². The third-order valence-corrected chi connectivity index (χ3v) is 2.66. The fourth-order valence-electron chi connectivity index (χ4n) is 1.15. The van der Waals surface area contributed by atoms with Crippen LogP contribution >= 0.6 is 22.6 Å². The van der Waals surface area contributed by atoms with Crippen molar-refractivity contribution in [1.82, 2.24) is 0 Å². The Kier molecular flexibility index (Phi) is 3.05. The fourth-order valence-corrected chi connectivity index (χ4v) is 1.67. The minimum atomic E-state index is 0.595. The van der Waals surface area contributed by atoms with Gasteiger partial charge in [0.05, 0.1) is 19.8 Å². The molecule has 0 spiro atoms. The lowest BCUT2D eigenvalue weighted by atomic mass is 10.1. The van der Waals surface area contributed by atoms with E-state index in [-0.39, 0.29) is 0 Å². The van der Waals surface area contributed by atoms with E-state index in [1.807, 2.05) is 18.2 Å². The molecular formula is C10H11IO2. The highest BCUT2D eigenvalue weighted by Crippen LogP contribution is 2.17. The Hall–Kier alpha value is -0.290. The number of rotatable bonds is 3. The Morgan fingerprint density at radius 3 is 2.92 bits per heavy atom. The van der Waals surface area contributed by atoms with Crippen LogP contribution in [-0.2, 0) is 4.74 Å². The molecule has 2 rings (SSSR count). The van der Waals surface area contributed by atoms with Crippen LogP contribution < -0.4 is 4.74 Å². The van der Waals surface area contributed by atoms with Gasteiger partial charge in [0.15, 0.2) is 0 Å². The highest BCUT2D eigenvalue weighted by molar-refractivity contribution is 14.1. The van der Waals surface area contributed by atoms with E-state index in [1.54, 1.807) is 0 Å². The van der Waals surface area contributed by atoms with Crippen LogP contribution in [0.4, 0.5) is 0 Å². The van der Waals surface area contributed by atoms with Gasteiger partial charge < -0.3 is 9.47 Å². The molecule has 0 atom stereocenters. The first-order valence-electron chi connectivity index (χ1n) is 4.31. The zero-order valence-corrected chi connectivity index (χ0v) is 9.36. The first kappa shape index (κ1) is 9.27. The summed E-state index contributed by atoms with van der Waals surface area (Å²) in [5, 5.41) is 0. The van der Waals surface area contributed by atoms with Crippen LogP contribution in [-0.4, -0.2) is 19.8 Å². The van der Waals surface area contributed by atoms with Gasteiger partial charge in [-0.05, 0) is 40.8 Å². The largest absolute Gasteiger partial charge is 0.493 e. The topological polar surface area (TPSA) is 18.5 Å². The van der Waals surface area contributed by atoms with Gasteiger partial charge in [-0.2, -0.15) is 0 Å². The van der Waals surface area contributed by atoms with Crippen molar-refractivity contribution >= 4 is 22.6 Å². The Balaban J connectivity index is 1.86. The molecule has 1 aliphatic rings. The van der Waals surface area contributed by atoms with Crippen molar-refractivity contribution in [1.29, 1.82) is 0 Å². The molecule has 0 saturated carbocycles. The molecule has 3 heteroatoms. The zero-order chi connectivity index (χ0) is 9.10. The van der Waals surface area contributed by atoms with Gasteiger partial charge in [0.2, 0.25) is 0 Å². The molecule has 1 aromatic carbocycles. The maximum Gasteiger partial charge on any atom is 0.120 e. The molecule has 2 nitrogen and oxygen atoms in total. The number of benzene rings is 1. The van der Waals surface area contributed by atoms with Crippen LogP contribution in [0.15, 0.2) is 24.3 Å². The van der Waals surface area contributed by atoms with Crippen molar-refractivity contribution < 1.29 is 9.47 Å². The molecule has 0 bridgehead atoms. The van der Waals surface area contributed by atoms with Gasteiger partial charge in [-0.3, -0.25) is 0 Å². The van der Waals surface area contributed by atoms with E-state index in [0.29, 0.717) is 5.92 Å². The first-order valence-corrected chi connectivity index (χ1v) is 5.38. The average Bonchev–Trinajstić information content (AvgIpc) is 2.01. The Labute approximate surface area is 91.4 Å². The molecule has 1 aromatic rings. The monoisotopic (exact) mass is 290 g/mol. The predicted octanol–water partition coefficient (Wildman–Crippen LogP) is 2.32. The SMILES string of the molecule is Ic1cccc(OCC2COC2)c1. The molecule has 1 aliphatic heterocycles. The molecule has 0 aromatic heterocycles. The van der Waals surface area contributed by atoms with Gasteiger partial charge in [-0.25, -0.2) is 0 Å². The summed E-state index contributed by atoms with van der Waals surface area (Å²) in [6.07, 6.45) is 0. The highest BCUT2D eigenvalue weighted by atomic mass is 127. The average molecular weight is 290 g/mol. The lowest BCUT2D eigenvalue weighted by Gasteiger charge is -2.25. The minimum Gasteiger partial charge on any atom is -0.493 e. The number of hydrogen-bond acceptors (Lipinski definition) is 2. The van der Waals surface area contributed by atoms with Crippen LogP contribution in [0.2, 0.25) is 0 Å². The summed E-state index contributed by atoms with van der Waals surface area (Å²) in [5.41, 5.74) is 0. The van der Waals surface area contributed by atoms with Crippen LogP contribution in [0, 0.1) is 9.49 Å². The smallest absolute Gasteiger partial charge is 0.120 e. The van der Waals surface area contributed by atoms with Gasteiger partial charge >= 0.3 is 0 Å². The van der Waals surface area contributed by atoms with E-state index in [2.05, 4.69) is 28.7 Å². The van der Waals surface area contributed by atoms with Crippen LogP contribution in [0.3, 0.4) is 0 Å². The predicted molar refractivity (Wildman–Crippen MR) is 59.0 cm³/mol. The third kappa shape index (κ3) is 2.57. The molecule has 0 amide bonds. The summed E-state index contributed by atoms with van der Waals surface area (Å²) >= 11 is 2.28.